The minimum atomic E-state index is -0.228. The predicted molar refractivity (Wildman–Crippen MR) is 88.8 cm³/mol. The van der Waals surface area contributed by atoms with Crippen molar-refractivity contribution in [2.24, 2.45) is 0 Å². The van der Waals surface area contributed by atoms with Crippen molar-refractivity contribution in [2.75, 3.05) is 18.2 Å². The first-order valence-electron chi connectivity index (χ1n) is 6.76. The van der Waals surface area contributed by atoms with Crippen molar-refractivity contribution >= 4 is 29.1 Å². The maximum absolute atomic E-state index is 11.9. The number of carbonyl (C=O) groups excluding carboxylic acids is 2. The molecule has 0 unspecified atom stereocenters. The number of rotatable bonds is 6. The molecule has 0 saturated heterocycles. The summed E-state index contributed by atoms with van der Waals surface area (Å²) in [5.41, 5.74) is 1.36. The molecule has 0 aromatic heterocycles. The molecule has 2 aromatic carbocycles. The summed E-state index contributed by atoms with van der Waals surface area (Å²) in [6, 6.07) is 14.3. The third-order valence-corrected chi connectivity index (χ3v) is 3.71. The summed E-state index contributed by atoms with van der Waals surface area (Å²) in [5, 5.41) is 2.79. The molecule has 0 aliphatic heterocycles. The van der Waals surface area contributed by atoms with Gasteiger partial charge in [0.15, 0.2) is 12.4 Å². The first-order chi connectivity index (χ1) is 10.6. The van der Waals surface area contributed by atoms with Crippen LogP contribution in [0.25, 0.3) is 0 Å². The van der Waals surface area contributed by atoms with E-state index in [9.17, 15) is 9.59 Å². The van der Waals surface area contributed by atoms with Gasteiger partial charge in [0, 0.05) is 16.1 Å². The Morgan fingerprint density at radius 1 is 1.14 bits per heavy atom. The number of ether oxygens (including phenoxy) is 1. The molecule has 0 aliphatic rings. The number of amides is 1. The van der Waals surface area contributed by atoms with Crippen molar-refractivity contribution < 1.29 is 14.3 Å². The van der Waals surface area contributed by atoms with Gasteiger partial charge in [-0.3, -0.25) is 9.59 Å². The van der Waals surface area contributed by atoms with Gasteiger partial charge in [-0.15, -0.1) is 11.8 Å². The second-order valence-electron chi connectivity index (χ2n) is 4.65. The summed E-state index contributed by atoms with van der Waals surface area (Å²) in [5.74, 6) is 0.324. The summed E-state index contributed by atoms with van der Waals surface area (Å²) < 4.78 is 5.40. The van der Waals surface area contributed by atoms with Gasteiger partial charge in [0.25, 0.3) is 5.91 Å². The third kappa shape index (κ3) is 4.63. The fourth-order valence-electron chi connectivity index (χ4n) is 1.83. The first-order valence-corrected chi connectivity index (χ1v) is 7.98. The highest BCUT2D eigenvalue weighted by Gasteiger charge is 2.05. The number of ketones is 1. The molecule has 0 spiro atoms. The minimum Gasteiger partial charge on any atom is -0.484 e. The van der Waals surface area contributed by atoms with Crippen LogP contribution in [0.15, 0.2) is 53.4 Å². The van der Waals surface area contributed by atoms with Gasteiger partial charge in [0.1, 0.15) is 5.75 Å². The maximum Gasteiger partial charge on any atom is 0.262 e. The number of hydrogen-bond donors (Lipinski definition) is 1. The molecule has 0 heterocycles. The monoisotopic (exact) mass is 315 g/mol. The molecule has 2 rings (SSSR count). The molecule has 0 atom stereocenters. The summed E-state index contributed by atoms with van der Waals surface area (Å²) in [7, 11) is 0. The number of nitrogens with one attached hydrogen (secondary N) is 1. The highest BCUT2D eigenvalue weighted by atomic mass is 32.2. The van der Waals surface area contributed by atoms with E-state index in [1.807, 2.05) is 30.5 Å². The van der Waals surface area contributed by atoms with Gasteiger partial charge in [-0.1, -0.05) is 6.07 Å². The standard InChI is InChI=1S/C17H17NO3S/c1-12(19)13-6-8-15(9-7-13)21-11-17(20)18-14-4-3-5-16(10-14)22-2/h3-10H,11H2,1-2H3,(H,18,20). The van der Waals surface area contributed by atoms with Gasteiger partial charge < -0.3 is 10.1 Å². The van der Waals surface area contributed by atoms with Crippen LogP contribution >= 0.6 is 11.8 Å². The Hall–Kier alpha value is -2.27. The van der Waals surface area contributed by atoms with Crippen molar-refractivity contribution in [3.63, 3.8) is 0 Å². The molecule has 1 amide bonds. The van der Waals surface area contributed by atoms with Crippen LogP contribution in [0, 0.1) is 0 Å². The van der Waals surface area contributed by atoms with E-state index in [-0.39, 0.29) is 18.3 Å². The summed E-state index contributed by atoms with van der Waals surface area (Å²) in [6.45, 7) is 1.43. The fourth-order valence-corrected chi connectivity index (χ4v) is 2.29. The molecule has 0 radical (unpaired) electrons. The molecular weight excluding hydrogens is 298 g/mol. The van der Waals surface area contributed by atoms with Crippen molar-refractivity contribution in [3.8, 4) is 5.75 Å². The molecular formula is C17H17NO3S. The van der Waals surface area contributed by atoms with E-state index >= 15 is 0 Å². The molecule has 0 saturated carbocycles. The first kappa shape index (κ1) is 16.1. The van der Waals surface area contributed by atoms with Gasteiger partial charge in [0.05, 0.1) is 0 Å². The van der Waals surface area contributed by atoms with Crippen LogP contribution < -0.4 is 10.1 Å². The van der Waals surface area contributed by atoms with E-state index in [1.165, 1.54) is 6.92 Å². The SMILES string of the molecule is CSc1cccc(NC(=O)COc2ccc(C(C)=O)cc2)c1. The van der Waals surface area contributed by atoms with E-state index in [0.29, 0.717) is 11.3 Å². The Morgan fingerprint density at radius 2 is 1.86 bits per heavy atom. The Morgan fingerprint density at radius 3 is 2.50 bits per heavy atom. The second-order valence-corrected chi connectivity index (χ2v) is 5.53. The lowest BCUT2D eigenvalue weighted by molar-refractivity contribution is -0.118. The zero-order chi connectivity index (χ0) is 15.9. The van der Waals surface area contributed by atoms with E-state index in [2.05, 4.69) is 5.32 Å². The van der Waals surface area contributed by atoms with Crippen LogP contribution in [0.4, 0.5) is 5.69 Å². The summed E-state index contributed by atoms with van der Waals surface area (Å²) >= 11 is 1.61. The highest BCUT2D eigenvalue weighted by molar-refractivity contribution is 7.98. The highest BCUT2D eigenvalue weighted by Crippen LogP contribution is 2.19. The van der Waals surface area contributed by atoms with Crippen LogP contribution in [0.3, 0.4) is 0 Å². The van der Waals surface area contributed by atoms with Crippen LogP contribution in [-0.4, -0.2) is 24.6 Å². The van der Waals surface area contributed by atoms with Crippen molar-refractivity contribution in [3.05, 3.63) is 54.1 Å². The number of thioether (sulfide) groups is 1. The van der Waals surface area contributed by atoms with Gasteiger partial charge >= 0.3 is 0 Å². The second kappa shape index (κ2) is 7.66. The van der Waals surface area contributed by atoms with E-state index < -0.39 is 0 Å². The zero-order valence-electron chi connectivity index (χ0n) is 12.5. The van der Waals surface area contributed by atoms with E-state index in [1.54, 1.807) is 36.0 Å². The lowest BCUT2D eigenvalue weighted by Gasteiger charge is -2.08. The average Bonchev–Trinajstić information content (AvgIpc) is 2.53. The smallest absolute Gasteiger partial charge is 0.262 e. The summed E-state index contributed by atoms with van der Waals surface area (Å²) in [6.07, 6.45) is 1.98. The number of anilines is 1. The number of Topliss-reactive ketones (excluding diaryl/α,β-unsaturated/α-hetero) is 1. The topological polar surface area (TPSA) is 55.4 Å². The number of hydrogen-bond acceptors (Lipinski definition) is 4. The Balaban J connectivity index is 1.88. The molecule has 22 heavy (non-hydrogen) atoms. The molecule has 0 aliphatic carbocycles. The summed E-state index contributed by atoms with van der Waals surface area (Å²) in [4.78, 5) is 24.1. The number of carbonyl (C=O) groups is 2. The van der Waals surface area contributed by atoms with Crippen molar-refractivity contribution in [2.45, 2.75) is 11.8 Å². The quantitative estimate of drug-likeness (QED) is 0.653. The van der Waals surface area contributed by atoms with E-state index in [4.69, 9.17) is 4.74 Å². The van der Waals surface area contributed by atoms with Gasteiger partial charge in [-0.25, -0.2) is 0 Å². The van der Waals surface area contributed by atoms with Crippen LogP contribution in [0.2, 0.25) is 0 Å². The van der Waals surface area contributed by atoms with Crippen LogP contribution in [-0.2, 0) is 4.79 Å². The number of benzene rings is 2. The van der Waals surface area contributed by atoms with Gasteiger partial charge in [0.2, 0.25) is 0 Å². The lowest BCUT2D eigenvalue weighted by atomic mass is 10.1. The molecule has 2 aromatic rings. The van der Waals surface area contributed by atoms with Crippen molar-refractivity contribution in [1.82, 2.24) is 0 Å². The van der Waals surface area contributed by atoms with Crippen LogP contribution in [0.5, 0.6) is 5.75 Å². The van der Waals surface area contributed by atoms with E-state index in [0.717, 1.165) is 10.6 Å². The predicted octanol–water partition coefficient (Wildman–Crippen LogP) is 3.63. The fraction of sp³-hybridized carbons (Fsp3) is 0.176. The molecule has 1 N–H and O–H groups in total. The lowest BCUT2D eigenvalue weighted by Crippen LogP contribution is -2.20. The zero-order valence-corrected chi connectivity index (χ0v) is 13.3. The van der Waals surface area contributed by atoms with Crippen molar-refractivity contribution in [1.29, 1.82) is 0 Å². The van der Waals surface area contributed by atoms with Crippen LogP contribution in [0.1, 0.15) is 17.3 Å². The molecule has 114 valence electrons. The molecule has 4 nitrogen and oxygen atoms in total. The van der Waals surface area contributed by atoms with Gasteiger partial charge in [-0.05, 0) is 55.6 Å². The third-order valence-electron chi connectivity index (χ3n) is 2.98. The minimum absolute atomic E-state index is 0.00188. The molecule has 0 bridgehead atoms. The molecule has 5 heteroatoms. The Bertz CT molecular complexity index is 668. The Labute approximate surface area is 133 Å². The normalized spacial score (nSPS) is 10.1. The average molecular weight is 315 g/mol. The Kier molecular flexibility index (Phi) is 5.61. The molecule has 0 fully saturated rings. The maximum atomic E-state index is 11.9. The van der Waals surface area contributed by atoms with Gasteiger partial charge in [-0.2, -0.15) is 0 Å². The largest absolute Gasteiger partial charge is 0.484 e.